The van der Waals surface area contributed by atoms with E-state index < -0.39 is 6.03 Å². The Kier molecular flexibility index (Phi) is 4.18. The van der Waals surface area contributed by atoms with Crippen molar-refractivity contribution in [1.29, 1.82) is 5.41 Å². The molecule has 0 heterocycles. The van der Waals surface area contributed by atoms with Crippen LogP contribution in [0.5, 0.6) is 0 Å². The van der Waals surface area contributed by atoms with Crippen molar-refractivity contribution in [3.8, 4) is 0 Å². The number of nitrogens with zero attached hydrogens (tertiary/aromatic N) is 1. The molecule has 0 aromatic heterocycles. The molecule has 0 unspecified atom stereocenters. The van der Waals surface area contributed by atoms with E-state index in [0.29, 0.717) is 0 Å². The number of anilines is 2. The van der Waals surface area contributed by atoms with E-state index >= 15 is 0 Å². The van der Waals surface area contributed by atoms with Gasteiger partial charge in [-0.3, -0.25) is 15.6 Å². The number of fused-ring (bicyclic) bond motifs is 2. The van der Waals surface area contributed by atoms with Crippen LogP contribution in [0.4, 0.5) is 16.2 Å². The van der Waals surface area contributed by atoms with Gasteiger partial charge >= 0.3 is 6.03 Å². The normalized spacial score (nSPS) is 10.7. The third kappa shape index (κ3) is 3.06. The molecule has 0 bridgehead atoms. The lowest BCUT2D eigenvalue weighted by Gasteiger charge is -2.27. The molecule has 0 aliphatic rings. The molecule has 0 atom stereocenters. The van der Waals surface area contributed by atoms with Gasteiger partial charge in [0.15, 0.2) is 0 Å². The molecule has 5 heteroatoms. The molecule has 0 aliphatic heterocycles. The van der Waals surface area contributed by atoms with Crippen molar-refractivity contribution in [2.45, 2.75) is 0 Å². The summed E-state index contributed by atoms with van der Waals surface area (Å²) in [5.41, 5.74) is 6.88. The number of primary amides is 1. The first-order valence-electron chi connectivity index (χ1n) is 8.56. The van der Waals surface area contributed by atoms with E-state index in [1.165, 1.54) is 0 Å². The number of hydrogen-bond donors (Lipinski definition) is 3. The number of amides is 2. The van der Waals surface area contributed by atoms with Crippen LogP contribution in [0.15, 0.2) is 84.9 Å². The van der Waals surface area contributed by atoms with Gasteiger partial charge in [-0.1, -0.05) is 72.8 Å². The second kappa shape index (κ2) is 6.80. The zero-order valence-corrected chi connectivity index (χ0v) is 14.5. The summed E-state index contributed by atoms with van der Waals surface area (Å²) in [6.45, 7) is 0. The molecule has 4 rings (SSSR count). The van der Waals surface area contributed by atoms with Crippen molar-refractivity contribution in [2.24, 2.45) is 5.73 Å². The van der Waals surface area contributed by atoms with E-state index in [0.717, 1.165) is 32.9 Å². The standard InChI is InChI=1S/C22H18N4O/c23-21(25-22(24)27)26(19-13-5-9-15-7-1-3-11-17(15)19)20-14-6-10-16-8-2-4-12-18(16)20/h1-14H,(H4,23,24,25,27). The highest BCUT2D eigenvalue weighted by Crippen LogP contribution is 2.36. The number of rotatable bonds is 2. The lowest BCUT2D eigenvalue weighted by Crippen LogP contribution is -2.43. The SMILES string of the molecule is N=C(NC(N)=O)N(c1cccc2ccccc12)c1cccc2ccccc12. The first kappa shape index (κ1) is 16.6. The fraction of sp³-hybridized carbons (Fsp3) is 0. The van der Waals surface area contributed by atoms with Gasteiger partial charge in [-0.05, 0) is 22.9 Å². The molecule has 0 saturated heterocycles. The van der Waals surface area contributed by atoms with E-state index in [1.54, 1.807) is 4.90 Å². The minimum Gasteiger partial charge on any atom is -0.351 e. The number of benzene rings is 4. The predicted molar refractivity (Wildman–Crippen MR) is 110 cm³/mol. The molecular formula is C22H18N4O. The summed E-state index contributed by atoms with van der Waals surface area (Å²) in [5.74, 6) is -0.102. The maximum Gasteiger partial charge on any atom is 0.318 e. The van der Waals surface area contributed by atoms with Gasteiger partial charge in [0.1, 0.15) is 0 Å². The number of carbonyl (C=O) groups is 1. The summed E-state index contributed by atoms with van der Waals surface area (Å²) < 4.78 is 0. The molecular weight excluding hydrogens is 336 g/mol. The maximum absolute atomic E-state index is 11.4. The van der Waals surface area contributed by atoms with Crippen molar-refractivity contribution in [1.82, 2.24) is 5.32 Å². The van der Waals surface area contributed by atoms with Crippen LogP contribution in [0.1, 0.15) is 0 Å². The van der Waals surface area contributed by atoms with Crippen LogP contribution in [0.3, 0.4) is 0 Å². The molecule has 0 aliphatic carbocycles. The highest BCUT2D eigenvalue weighted by Gasteiger charge is 2.20. The van der Waals surface area contributed by atoms with Crippen molar-refractivity contribution in [3.63, 3.8) is 0 Å². The smallest absolute Gasteiger partial charge is 0.318 e. The second-order valence-electron chi connectivity index (χ2n) is 6.17. The Labute approximate surface area is 156 Å². The van der Waals surface area contributed by atoms with E-state index in [9.17, 15) is 4.79 Å². The van der Waals surface area contributed by atoms with Crippen LogP contribution in [0.25, 0.3) is 21.5 Å². The Morgan fingerprint density at radius 2 is 1.19 bits per heavy atom. The minimum atomic E-state index is -0.773. The summed E-state index contributed by atoms with van der Waals surface area (Å²) in [7, 11) is 0. The summed E-state index contributed by atoms with van der Waals surface area (Å²) in [5, 5.41) is 15.0. The molecule has 0 spiro atoms. The third-order valence-electron chi connectivity index (χ3n) is 4.48. The van der Waals surface area contributed by atoms with Crippen LogP contribution in [-0.4, -0.2) is 12.0 Å². The Hall–Kier alpha value is -3.86. The molecule has 4 aromatic rings. The molecule has 4 N–H and O–H groups in total. The summed E-state index contributed by atoms with van der Waals surface area (Å²) >= 11 is 0. The van der Waals surface area contributed by atoms with Gasteiger partial charge in [0.2, 0.25) is 5.96 Å². The van der Waals surface area contributed by atoms with Crippen molar-refractivity contribution < 1.29 is 4.79 Å². The number of guanidine groups is 1. The highest BCUT2D eigenvalue weighted by atomic mass is 16.2. The first-order chi connectivity index (χ1) is 13.1. The zero-order chi connectivity index (χ0) is 18.8. The van der Waals surface area contributed by atoms with Gasteiger partial charge in [-0.2, -0.15) is 0 Å². The van der Waals surface area contributed by atoms with E-state index in [-0.39, 0.29) is 5.96 Å². The molecule has 5 nitrogen and oxygen atoms in total. The lowest BCUT2D eigenvalue weighted by atomic mass is 10.0. The van der Waals surface area contributed by atoms with E-state index in [2.05, 4.69) is 5.32 Å². The average Bonchev–Trinajstić information content (AvgIpc) is 2.68. The molecule has 2 amide bonds. The molecule has 132 valence electrons. The molecule has 27 heavy (non-hydrogen) atoms. The second-order valence-corrected chi connectivity index (χ2v) is 6.17. The third-order valence-corrected chi connectivity index (χ3v) is 4.48. The number of nitrogens with two attached hydrogens (primary N) is 1. The molecule has 4 aromatic carbocycles. The Balaban J connectivity index is 2.00. The zero-order valence-electron chi connectivity index (χ0n) is 14.5. The Morgan fingerprint density at radius 3 is 1.67 bits per heavy atom. The van der Waals surface area contributed by atoms with Crippen LogP contribution in [0.2, 0.25) is 0 Å². The van der Waals surface area contributed by atoms with Gasteiger partial charge in [0, 0.05) is 10.8 Å². The minimum absolute atomic E-state index is 0.102. The predicted octanol–water partition coefficient (Wildman–Crippen LogP) is 4.73. The van der Waals surface area contributed by atoms with Gasteiger partial charge in [-0.15, -0.1) is 0 Å². The molecule has 0 saturated carbocycles. The van der Waals surface area contributed by atoms with Crippen LogP contribution < -0.4 is 16.0 Å². The van der Waals surface area contributed by atoms with Crippen molar-refractivity contribution in [3.05, 3.63) is 84.9 Å². The van der Waals surface area contributed by atoms with E-state index in [4.69, 9.17) is 11.1 Å². The summed E-state index contributed by atoms with van der Waals surface area (Å²) in [4.78, 5) is 13.2. The number of urea groups is 1. The number of nitrogens with one attached hydrogen (secondary N) is 2. The Morgan fingerprint density at radius 1 is 0.741 bits per heavy atom. The maximum atomic E-state index is 11.4. The highest BCUT2D eigenvalue weighted by molar-refractivity contribution is 6.15. The summed E-state index contributed by atoms with van der Waals surface area (Å²) in [6, 6.07) is 26.9. The van der Waals surface area contributed by atoms with Gasteiger partial charge < -0.3 is 5.73 Å². The summed E-state index contributed by atoms with van der Waals surface area (Å²) in [6.07, 6.45) is 0. The fourth-order valence-electron chi connectivity index (χ4n) is 3.35. The Bertz CT molecular complexity index is 1080. The molecule has 0 radical (unpaired) electrons. The van der Waals surface area contributed by atoms with Gasteiger partial charge in [-0.25, -0.2) is 4.79 Å². The number of carbonyl (C=O) groups excluding carboxylic acids is 1. The van der Waals surface area contributed by atoms with Gasteiger partial charge in [0.25, 0.3) is 0 Å². The average molecular weight is 354 g/mol. The van der Waals surface area contributed by atoms with Crippen LogP contribution in [0, 0.1) is 5.41 Å². The fourth-order valence-corrected chi connectivity index (χ4v) is 3.35. The van der Waals surface area contributed by atoms with Crippen molar-refractivity contribution >= 4 is 44.9 Å². The van der Waals surface area contributed by atoms with Gasteiger partial charge in [0.05, 0.1) is 11.4 Å². The topological polar surface area (TPSA) is 82.2 Å². The van der Waals surface area contributed by atoms with Crippen LogP contribution >= 0.6 is 0 Å². The number of hydrogen-bond acceptors (Lipinski definition) is 2. The quantitative estimate of drug-likeness (QED) is 0.359. The van der Waals surface area contributed by atoms with Crippen LogP contribution in [-0.2, 0) is 0 Å². The monoisotopic (exact) mass is 354 g/mol. The van der Waals surface area contributed by atoms with E-state index in [1.807, 2.05) is 84.9 Å². The molecule has 0 fully saturated rings. The lowest BCUT2D eigenvalue weighted by molar-refractivity contribution is 0.253. The first-order valence-corrected chi connectivity index (χ1v) is 8.56. The largest absolute Gasteiger partial charge is 0.351 e. The van der Waals surface area contributed by atoms with Crippen molar-refractivity contribution in [2.75, 3.05) is 4.90 Å².